The Bertz CT molecular complexity index is 209. The Morgan fingerprint density at radius 3 is 2.64 bits per heavy atom. The molecule has 0 aromatic carbocycles. The van der Waals surface area contributed by atoms with Crippen molar-refractivity contribution in [2.75, 3.05) is 0 Å². The first-order valence-electron chi connectivity index (χ1n) is 6.34. The Labute approximate surface area is 87.3 Å². The van der Waals surface area contributed by atoms with Crippen LogP contribution in [0.1, 0.15) is 58.3 Å². The SMILES string of the molecule is CCCCCC(=O)C1CC2CCC1C2. The van der Waals surface area contributed by atoms with Gasteiger partial charge in [-0.2, -0.15) is 0 Å². The Morgan fingerprint density at radius 2 is 2.07 bits per heavy atom. The van der Waals surface area contributed by atoms with Crippen LogP contribution in [0.4, 0.5) is 0 Å². The Kier molecular flexibility index (Phi) is 3.25. The van der Waals surface area contributed by atoms with E-state index in [9.17, 15) is 4.79 Å². The third-order valence-electron chi connectivity index (χ3n) is 4.18. The van der Waals surface area contributed by atoms with E-state index in [0.29, 0.717) is 11.7 Å². The van der Waals surface area contributed by atoms with Crippen molar-refractivity contribution >= 4 is 5.78 Å². The van der Waals surface area contributed by atoms with Crippen LogP contribution in [0.2, 0.25) is 0 Å². The van der Waals surface area contributed by atoms with Crippen molar-refractivity contribution in [1.82, 2.24) is 0 Å². The maximum absolute atomic E-state index is 11.9. The van der Waals surface area contributed by atoms with Crippen LogP contribution < -0.4 is 0 Å². The number of ketones is 1. The molecule has 0 spiro atoms. The highest BCUT2D eigenvalue weighted by Crippen LogP contribution is 2.48. The summed E-state index contributed by atoms with van der Waals surface area (Å²) in [6, 6.07) is 0. The van der Waals surface area contributed by atoms with Crippen LogP contribution in [0.3, 0.4) is 0 Å². The van der Waals surface area contributed by atoms with E-state index in [1.807, 2.05) is 0 Å². The number of Topliss-reactive ketones (excluding diaryl/α,β-unsaturated/α-hetero) is 1. The molecule has 2 bridgehead atoms. The number of carbonyl (C=O) groups excluding carboxylic acids is 1. The van der Waals surface area contributed by atoms with Gasteiger partial charge in [0.2, 0.25) is 0 Å². The minimum absolute atomic E-state index is 0.477. The number of carbonyl (C=O) groups is 1. The molecule has 2 rings (SSSR count). The molecule has 14 heavy (non-hydrogen) atoms. The lowest BCUT2D eigenvalue weighted by Crippen LogP contribution is -2.20. The summed E-state index contributed by atoms with van der Waals surface area (Å²) in [5.74, 6) is 2.77. The zero-order chi connectivity index (χ0) is 9.97. The Hall–Kier alpha value is -0.330. The first-order valence-corrected chi connectivity index (χ1v) is 6.34. The first-order chi connectivity index (χ1) is 6.81. The molecule has 0 N–H and O–H groups in total. The van der Waals surface area contributed by atoms with E-state index in [4.69, 9.17) is 0 Å². The fourth-order valence-corrected chi connectivity index (χ4v) is 3.37. The Balaban J connectivity index is 1.75. The number of fused-ring (bicyclic) bond motifs is 2. The third kappa shape index (κ3) is 2.02. The molecule has 3 unspecified atom stereocenters. The summed E-state index contributed by atoms with van der Waals surface area (Å²) in [6.07, 6.45) is 9.79. The fraction of sp³-hybridized carbons (Fsp3) is 0.923. The van der Waals surface area contributed by atoms with E-state index < -0.39 is 0 Å². The molecule has 80 valence electrons. The smallest absolute Gasteiger partial charge is 0.136 e. The van der Waals surface area contributed by atoms with Crippen molar-refractivity contribution in [3.8, 4) is 0 Å². The lowest BCUT2D eigenvalue weighted by molar-refractivity contribution is -0.124. The molecule has 0 heterocycles. The lowest BCUT2D eigenvalue weighted by atomic mass is 9.84. The second-order valence-corrected chi connectivity index (χ2v) is 5.20. The largest absolute Gasteiger partial charge is 0.299 e. The molecule has 2 fully saturated rings. The third-order valence-corrected chi connectivity index (χ3v) is 4.18. The molecule has 0 amide bonds. The van der Waals surface area contributed by atoms with Gasteiger partial charge in [0.15, 0.2) is 0 Å². The van der Waals surface area contributed by atoms with Gasteiger partial charge in [0.05, 0.1) is 0 Å². The van der Waals surface area contributed by atoms with Crippen LogP contribution in [0.25, 0.3) is 0 Å². The number of hydrogen-bond acceptors (Lipinski definition) is 1. The van der Waals surface area contributed by atoms with E-state index in [-0.39, 0.29) is 0 Å². The molecule has 0 aliphatic heterocycles. The van der Waals surface area contributed by atoms with E-state index in [1.54, 1.807) is 0 Å². The zero-order valence-corrected chi connectivity index (χ0v) is 9.30. The highest BCUT2D eigenvalue weighted by atomic mass is 16.1. The summed E-state index contributed by atoms with van der Waals surface area (Å²) in [4.78, 5) is 11.9. The molecule has 1 nitrogen and oxygen atoms in total. The Morgan fingerprint density at radius 1 is 1.21 bits per heavy atom. The molecular formula is C13H22O. The molecule has 0 radical (unpaired) electrons. The van der Waals surface area contributed by atoms with Crippen molar-refractivity contribution in [1.29, 1.82) is 0 Å². The van der Waals surface area contributed by atoms with Gasteiger partial charge in [0.1, 0.15) is 5.78 Å². The molecule has 2 saturated carbocycles. The monoisotopic (exact) mass is 194 g/mol. The number of unbranched alkanes of at least 4 members (excludes halogenated alkanes) is 2. The van der Waals surface area contributed by atoms with Gasteiger partial charge in [-0.3, -0.25) is 4.79 Å². The van der Waals surface area contributed by atoms with Gasteiger partial charge < -0.3 is 0 Å². The summed E-state index contributed by atoms with van der Waals surface area (Å²) < 4.78 is 0. The highest BCUT2D eigenvalue weighted by Gasteiger charge is 2.42. The van der Waals surface area contributed by atoms with Gasteiger partial charge in [0.25, 0.3) is 0 Å². The van der Waals surface area contributed by atoms with E-state index in [1.165, 1.54) is 38.5 Å². The average molecular weight is 194 g/mol. The number of rotatable bonds is 5. The van der Waals surface area contributed by atoms with Gasteiger partial charge >= 0.3 is 0 Å². The molecule has 2 aliphatic carbocycles. The van der Waals surface area contributed by atoms with Gasteiger partial charge in [-0.05, 0) is 37.5 Å². The fourth-order valence-electron chi connectivity index (χ4n) is 3.37. The van der Waals surface area contributed by atoms with E-state index >= 15 is 0 Å². The van der Waals surface area contributed by atoms with Gasteiger partial charge in [0, 0.05) is 12.3 Å². The minimum Gasteiger partial charge on any atom is -0.299 e. The number of hydrogen-bond donors (Lipinski definition) is 0. The summed E-state index contributed by atoms with van der Waals surface area (Å²) in [5, 5.41) is 0. The van der Waals surface area contributed by atoms with Crippen LogP contribution in [-0.2, 0) is 4.79 Å². The summed E-state index contributed by atoms with van der Waals surface area (Å²) in [7, 11) is 0. The summed E-state index contributed by atoms with van der Waals surface area (Å²) in [6.45, 7) is 2.20. The standard InChI is InChI=1S/C13H22O/c1-2-3-4-5-13(14)12-9-10-6-7-11(12)8-10/h10-12H,2-9H2,1H3. The van der Waals surface area contributed by atoms with Gasteiger partial charge in [-0.15, -0.1) is 0 Å². The van der Waals surface area contributed by atoms with Crippen LogP contribution in [0, 0.1) is 17.8 Å². The zero-order valence-electron chi connectivity index (χ0n) is 9.30. The second-order valence-electron chi connectivity index (χ2n) is 5.20. The van der Waals surface area contributed by atoms with Crippen molar-refractivity contribution in [3.63, 3.8) is 0 Å². The quantitative estimate of drug-likeness (QED) is 0.611. The van der Waals surface area contributed by atoms with Crippen LogP contribution >= 0.6 is 0 Å². The van der Waals surface area contributed by atoms with Crippen LogP contribution in [-0.4, -0.2) is 5.78 Å². The van der Waals surface area contributed by atoms with Crippen LogP contribution in [0.5, 0.6) is 0 Å². The normalized spacial score (nSPS) is 35.1. The first kappa shape index (κ1) is 10.2. The molecule has 1 heteroatoms. The van der Waals surface area contributed by atoms with Crippen molar-refractivity contribution in [2.24, 2.45) is 17.8 Å². The van der Waals surface area contributed by atoms with Crippen LogP contribution in [0.15, 0.2) is 0 Å². The minimum atomic E-state index is 0.477. The van der Waals surface area contributed by atoms with E-state index in [2.05, 4.69) is 6.92 Å². The predicted octanol–water partition coefficient (Wildman–Crippen LogP) is 3.57. The van der Waals surface area contributed by atoms with Gasteiger partial charge in [-0.1, -0.05) is 26.2 Å². The average Bonchev–Trinajstić information content (AvgIpc) is 2.79. The van der Waals surface area contributed by atoms with Gasteiger partial charge in [-0.25, -0.2) is 0 Å². The summed E-state index contributed by atoms with van der Waals surface area (Å²) >= 11 is 0. The van der Waals surface area contributed by atoms with E-state index in [0.717, 1.165) is 24.7 Å². The molecule has 3 atom stereocenters. The predicted molar refractivity (Wildman–Crippen MR) is 58.1 cm³/mol. The topological polar surface area (TPSA) is 17.1 Å². The highest BCUT2D eigenvalue weighted by molar-refractivity contribution is 5.81. The maximum Gasteiger partial charge on any atom is 0.136 e. The lowest BCUT2D eigenvalue weighted by Gasteiger charge is -2.20. The molecule has 0 saturated heterocycles. The van der Waals surface area contributed by atoms with Crippen molar-refractivity contribution < 1.29 is 4.79 Å². The maximum atomic E-state index is 11.9. The van der Waals surface area contributed by atoms with Crippen molar-refractivity contribution in [2.45, 2.75) is 58.3 Å². The second kappa shape index (κ2) is 4.46. The van der Waals surface area contributed by atoms with Crippen molar-refractivity contribution in [3.05, 3.63) is 0 Å². The molecule has 0 aromatic heterocycles. The molecule has 0 aromatic rings. The summed E-state index contributed by atoms with van der Waals surface area (Å²) in [5.41, 5.74) is 0. The molecular weight excluding hydrogens is 172 g/mol. The molecule has 2 aliphatic rings.